The van der Waals surface area contributed by atoms with Crippen molar-refractivity contribution in [1.29, 1.82) is 0 Å². The molecule has 0 aliphatic rings. The molecule has 0 bridgehead atoms. The molecule has 10 heteroatoms. The SMILES string of the molecule is [C-]#[N+]c1ccnc(-c2[c-]cc(CC)c3c2oc2ccccc23)c1.[C-]#[N+]c1ccnc(-c2[c-]cc(CC)c3c2oc2ccccc23)c1.[C-]#[N+]c1ccnc(-c2[c-]cc(CC)c3c2oc2ccccc23)c1.[Ir+3]. The molecule has 6 heterocycles. The van der Waals surface area contributed by atoms with Gasteiger partial charge in [0, 0.05) is 34.7 Å². The van der Waals surface area contributed by atoms with Crippen LogP contribution >= 0.6 is 0 Å². The van der Waals surface area contributed by atoms with Crippen molar-refractivity contribution in [2.45, 2.75) is 40.0 Å². The van der Waals surface area contributed by atoms with Crippen LogP contribution in [0.2, 0.25) is 0 Å². The molecule has 12 aromatic rings. The Labute approximate surface area is 417 Å². The van der Waals surface area contributed by atoms with E-state index in [0.29, 0.717) is 34.1 Å². The van der Waals surface area contributed by atoms with E-state index in [9.17, 15) is 0 Å². The quantitative estimate of drug-likeness (QED) is 0.154. The largest absolute Gasteiger partial charge is 3.00 e. The zero-order valence-electron chi connectivity index (χ0n) is 38.2. The molecule has 9 nitrogen and oxygen atoms in total. The van der Waals surface area contributed by atoms with Gasteiger partial charge >= 0.3 is 20.1 Å². The Hall–Kier alpha value is -8.71. The normalized spacial score (nSPS) is 10.8. The molecule has 0 unspecified atom stereocenters. The van der Waals surface area contributed by atoms with E-state index in [4.69, 9.17) is 33.0 Å². The summed E-state index contributed by atoms with van der Waals surface area (Å²) in [6, 6.07) is 50.5. The standard InChI is InChI=1S/3C20H13N2O.Ir/c3*1-3-13-8-9-15(17-12-14(21-2)10-11-22-17)20-19(13)16-6-4-5-7-18(16)23-20;/h3*4-8,10-12H,3H2,1H3;/q3*-1;+3. The fourth-order valence-corrected chi connectivity index (χ4v) is 8.80. The molecule has 0 radical (unpaired) electrons. The Morgan fingerprint density at radius 2 is 0.714 bits per heavy atom. The molecule has 336 valence electrons. The van der Waals surface area contributed by atoms with Gasteiger partial charge in [0.05, 0.1) is 36.5 Å². The maximum Gasteiger partial charge on any atom is 3.00 e. The molecule has 0 amide bonds. The van der Waals surface area contributed by atoms with Gasteiger partial charge in [-0.25, -0.2) is 14.5 Å². The smallest absolute Gasteiger partial charge is 0.501 e. The number of para-hydroxylation sites is 3. The second-order valence-corrected chi connectivity index (χ2v) is 16.1. The van der Waals surface area contributed by atoms with Crippen LogP contribution in [0.15, 0.2) is 159 Å². The van der Waals surface area contributed by atoms with Gasteiger partial charge in [0.2, 0.25) is 0 Å². The molecule has 6 aromatic heterocycles. The number of benzene rings is 6. The molecular weight excluding hydrogens is 1040 g/mol. The van der Waals surface area contributed by atoms with Crippen molar-refractivity contribution in [3.63, 3.8) is 0 Å². The van der Waals surface area contributed by atoms with Gasteiger partial charge in [-0.15, -0.1) is 53.1 Å². The van der Waals surface area contributed by atoms with E-state index in [0.717, 1.165) is 102 Å². The predicted molar refractivity (Wildman–Crippen MR) is 274 cm³/mol. The third-order valence-corrected chi connectivity index (χ3v) is 12.1. The molecule has 0 fully saturated rings. The van der Waals surface area contributed by atoms with E-state index in [-0.39, 0.29) is 20.1 Å². The maximum absolute atomic E-state index is 7.18. The van der Waals surface area contributed by atoms with Crippen LogP contribution in [0.3, 0.4) is 0 Å². The number of nitrogens with zero attached hydrogens (tertiary/aromatic N) is 6. The van der Waals surface area contributed by atoms with E-state index >= 15 is 0 Å². The second kappa shape index (κ2) is 20.3. The van der Waals surface area contributed by atoms with Gasteiger partial charge in [0.1, 0.15) is 16.7 Å². The fraction of sp³-hybridized carbons (Fsp3) is 0.100. The van der Waals surface area contributed by atoms with Crippen LogP contribution < -0.4 is 0 Å². The topological polar surface area (TPSA) is 91.2 Å². The number of rotatable bonds is 6. The molecule has 0 saturated carbocycles. The van der Waals surface area contributed by atoms with Crippen LogP contribution in [0.4, 0.5) is 17.1 Å². The minimum Gasteiger partial charge on any atom is -0.501 e. The fourth-order valence-electron chi connectivity index (χ4n) is 8.80. The molecule has 0 spiro atoms. The van der Waals surface area contributed by atoms with Gasteiger partial charge in [-0.1, -0.05) is 146 Å². The minimum atomic E-state index is 0. The van der Waals surface area contributed by atoms with Crippen LogP contribution in [0.25, 0.3) is 114 Å². The van der Waals surface area contributed by atoms with Crippen molar-refractivity contribution < 1.29 is 33.4 Å². The van der Waals surface area contributed by atoms with Crippen LogP contribution in [-0.4, -0.2) is 15.0 Å². The number of aromatic nitrogens is 3. The van der Waals surface area contributed by atoms with Crippen molar-refractivity contribution in [3.8, 4) is 33.8 Å². The van der Waals surface area contributed by atoms with Crippen molar-refractivity contribution in [1.82, 2.24) is 15.0 Å². The van der Waals surface area contributed by atoms with E-state index in [1.807, 2.05) is 72.8 Å². The minimum absolute atomic E-state index is 0. The zero-order chi connectivity index (χ0) is 47.4. The van der Waals surface area contributed by atoms with Crippen molar-refractivity contribution in [2.75, 3.05) is 0 Å². The molecule has 70 heavy (non-hydrogen) atoms. The van der Waals surface area contributed by atoms with Crippen molar-refractivity contribution >= 4 is 82.9 Å². The third kappa shape index (κ3) is 8.57. The first-order valence-corrected chi connectivity index (χ1v) is 22.5. The molecule has 6 aromatic carbocycles. The number of furan rings is 3. The first-order valence-electron chi connectivity index (χ1n) is 22.5. The number of aryl methyl sites for hydroxylation is 3. The van der Waals surface area contributed by atoms with Crippen molar-refractivity contribution in [2.24, 2.45) is 0 Å². The van der Waals surface area contributed by atoms with Crippen LogP contribution in [0.5, 0.6) is 0 Å². The number of hydrogen-bond acceptors (Lipinski definition) is 6. The van der Waals surface area contributed by atoms with Gasteiger partial charge < -0.3 is 28.2 Å². The van der Waals surface area contributed by atoms with Gasteiger partial charge in [0.25, 0.3) is 0 Å². The molecule has 0 saturated heterocycles. The van der Waals surface area contributed by atoms with Crippen LogP contribution in [-0.2, 0) is 39.4 Å². The Kier molecular flexibility index (Phi) is 13.4. The summed E-state index contributed by atoms with van der Waals surface area (Å²) in [5.74, 6) is 0. The Balaban J connectivity index is 0.000000129. The monoisotopic (exact) mass is 1080 g/mol. The Bertz CT molecular complexity index is 3630. The summed E-state index contributed by atoms with van der Waals surface area (Å²) in [6.45, 7) is 27.9. The van der Waals surface area contributed by atoms with Crippen molar-refractivity contribution in [3.05, 3.63) is 215 Å². The summed E-state index contributed by atoms with van der Waals surface area (Å²) in [7, 11) is 0. The van der Waals surface area contributed by atoms with Crippen LogP contribution in [0, 0.1) is 37.9 Å². The second-order valence-electron chi connectivity index (χ2n) is 16.1. The summed E-state index contributed by atoms with van der Waals surface area (Å²) in [5, 5.41) is 6.67. The molecule has 0 aliphatic carbocycles. The number of hydrogen-bond donors (Lipinski definition) is 0. The predicted octanol–water partition coefficient (Wildman–Crippen LogP) is 16.7. The van der Waals surface area contributed by atoms with Gasteiger partial charge in [-0.2, -0.15) is 0 Å². The zero-order valence-corrected chi connectivity index (χ0v) is 40.6. The van der Waals surface area contributed by atoms with Gasteiger partial charge in [-0.05, 0) is 53.5 Å². The molecule has 0 aliphatic heterocycles. The number of fused-ring (bicyclic) bond motifs is 9. The van der Waals surface area contributed by atoms with Gasteiger partial charge in [0.15, 0.2) is 17.1 Å². The third-order valence-electron chi connectivity index (χ3n) is 12.1. The summed E-state index contributed by atoms with van der Waals surface area (Å²) < 4.78 is 18.3. The Morgan fingerprint density at radius 3 is 0.986 bits per heavy atom. The first-order chi connectivity index (χ1) is 33.9. The Morgan fingerprint density at radius 1 is 0.429 bits per heavy atom. The average Bonchev–Trinajstić information content (AvgIpc) is 4.13. The van der Waals surface area contributed by atoms with E-state index in [1.54, 1.807) is 55.0 Å². The average molecular weight is 1080 g/mol. The first kappa shape index (κ1) is 46.4. The summed E-state index contributed by atoms with van der Waals surface area (Å²) in [4.78, 5) is 23.6. The molecular formula is C60H39IrN6O3. The van der Waals surface area contributed by atoms with E-state index in [1.165, 1.54) is 16.7 Å². The summed E-state index contributed by atoms with van der Waals surface area (Å²) in [5.41, 5.74) is 14.8. The van der Waals surface area contributed by atoms with E-state index in [2.05, 4.69) is 86.7 Å². The molecule has 12 rings (SSSR count). The molecule has 0 atom stereocenters. The molecule has 0 N–H and O–H groups in total. The van der Waals surface area contributed by atoms with Crippen LogP contribution in [0.1, 0.15) is 37.5 Å². The summed E-state index contributed by atoms with van der Waals surface area (Å²) >= 11 is 0. The maximum atomic E-state index is 7.18. The summed E-state index contributed by atoms with van der Waals surface area (Å²) in [6.07, 6.45) is 7.68. The number of pyridine rings is 3. The van der Waals surface area contributed by atoms with Gasteiger partial charge in [-0.3, -0.25) is 0 Å². The van der Waals surface area contributed by atoms with E-state index < -0.39 is 0 Å².